The van der Waals surface area contributed by atoms with Crippen LogP contribution in [-0.4, -0.2) is 74.1 Å². The summed E-state index contributed by atoms with van der Waals surface area (Å²) in [4.78, 5) is 5.82. The zero-order chi connectivity index (χ0) is 19.0. The van der Waals surface area contributed by atoms with Crippen molar-refractivity contribution in [2.45, 2.75) is 57.2 Å². The number of aryl methyl sites for hydroxylation is 1. The number of rotatable bonds is 5. The number of ether oxygens (including phenoxy) is 1. The zero-order valence-corrected chi connectivity index (χ0v) is 15.8. The van der Waals surface area contributed by atoms with Crippen LogP contribution in [0.3, 0.4) is 0 Å². The highest BCUT2D eigenvalue weighted by molar-refractivity contribution is 7.12. The third-order valence-corrected chi connectivity index (χ3v) is 6.07. The van der Waals surface area contributed by atoms with E-state index in [9.17, 15) is 20.4 Å². The normalized spacial score (nSPS) is 32.1. The van der Waals surface area contributed by atoms with E-state index < -0.39 is 37.1 Å². The van der Waals surface area contributed by atoms with Crippen LogP contribution < -0.4 is 11.0 Å². The summed E-state index contributed by atoms with van der Waals surface area (Å²) in [5.74, 6) is 0.404. The molecule has 1 aromatic rings. The SMILES string of the molecule is Cc1nc(C2=CN(CC3OC(CO)C(O)C(O)C3O)NN2)sc1C(C)C. The van der Waals surface area contributed by atoms with Gasteiger partial charge in [-0.25, -0.2) is 4.98 Å². The Morgan fingerprint density at radius 1 is 1.23 bits per heavy atom. The number of hydrogen-bond acceptors (Lipinski definition) is 10. The second kappa shape index (κ2) is 7.77. The minimum absolute atomic E-state index is 0.208. The van der Waals surface area contributed by atoms with Crippen molar-refractivity contribution in [2.24, 2.45) is 0 Å². The van der Waals surface area contributed by atoms with Crippen LogP contribution in [0.4, 0.5) is 0 Å². The van der Waals surface area contributed by atoms with Gasteiger partial charge in [0, 0.05) is 11.1 Å². The lowest BCUT2D eigenvalue weighted by Crippen LogP contribution is -2.61. The van der Waals surface area contributed by atoms with E-state index in [0.29, 0.717) is 5.92 Å². The highest BCUT2D eigenvalue weighted by Crippen LogP contribution is 2.30. The average molecular weight is 386 g/mol. The lowest BCUT2D eigenvalue weighted by Gasteiger charge is -2.41. The van der Waals surface area contributed by atoms with E-state index in [4.69, 9.17) is 4.74 Å². The van der Waals surface area contributed by atoms with Crippen LogP contribution in [0.2, 0.25) is 0 Å². The van der Waals surface area contributed by atoms with Gasteiger partial charge in [-0.15, -0.1) is 16.9 Å². The topological polar surface area (TPSA) is 130 Å². The number of thiazole rings is 1. The maximum Gasteiger partial charge on any atom is 0.142 e. The van der Waals surface area contributed by atoms with Crippen molar-refractivity contribution in [3.8, 4) is 0 Å². The second-order valence-corrected chi connectivity index (χ2v) is 7.95. The molecule has 3 rings (SSSR count). The maximum absolute atomic E-state index is 10.1. The summed E-state index contributed by atoms with van der Waals surface area (Å²) in [6, 6.07) is 0. The first kappa shape index (κ1) is 19.5. The quantitative estimate of drug-likeness (QED) is 0.379. The van der Waals surface area contributed by atoms with E-state index in [2.05, 4.69) is 29.8 Å². The monoisotopic (exact) mass is 386 g/mol. The molecule has 2 aliphatic rings. The maximum atomic E-state index is 10.1. The first-order chi connectivity index (χ1) is 12.3. The van der Waals surface area contributed by atoms with Crippen LogP contribution in [0.15, 0.2) is 6.20 Å². The molecule has 6 N–H and O–H groups in total. The minimum atomic E-state index is -1.37. The fourth-order valence-electron chi connectivity index (χ4n) is 3.14. The molecule has 1 aromatic heterocycles. The standard InChI is InChI=1S/C16H26N4O5S/c1-7(2)15-8(3)17-16(26-15)9-4-20(19-18-9)5-10-12(22)14(24)13(23)11(6-21)25-10/h4,7,10-14,18-19,21-24H,5-6H2,1-3H3. The van der Waals surface area contributed by atoms with E-state index in [1.54, 1.807) is 16.3 Å². The zero-order valence-electron chi connectivity index (χ0n) is 15.0. The van der Waals surface area contributed by atoms with E-state index in [1.165, 1.54) is 4.88 Å². The summed E-state index contributed by atoms with van der Waals surface area (Å²) in [6.07, 6.45) is -3.87. The summed E-state index contributed by atoms with van der Waals surface area (Å²) in [6.45, 7) is 6.02. The van der Waals surface area contributed by atoms with Crippen molar-refractivity contribution in [3.05, 3.63) is 21.8 Å². The molecule has 1 saturated heterocycles. The van der Waals surface area contributed by atoms with Crippen LogP contribution in [0.1, 0.15) is 35.3 Å². The van der Waals surface area contributed by atoms with Gasteiger partial charge in [0.1, 0.15) is 41.2 Å². The molecule has 26 heavy (non-hydrogen) atoms. The van der Waals surface area contributed by atoms with Gasteiger partial charge in [0.2, 0.25) is 0 Å². The summed E-state index contributed by atoms with van der Waals surface area (Å²) in [5, 5.41) is 41.7. The van der Waals surface area contributed by atoms with E-state index in [-0.39, 0.29) is 6.54 Å². The summed E-state index contributed by atoms with van der Waals surface area (Å²) >= 11 is 1.62. The smallest absolute Gasteiger partial charge is 0.142 e. The van der Waals surface area contributed by atoms with E-state index in [0.717, 1.165) is 16.4 Å². The van der Waals surface area contributed by atoms with Gasteiger partial charge < -0.3 is 25.2 Å². The predicted octanol–water partition coefficient (Wildman–Crippen LogP) is -0.959. The Morgan fingerprint density at radius 3 is 2.54 bits per heavy atom. The molecule has 146 valence electrons. The third kappa shape index (κ3) is 3.72. The molecule has 0 saturated carbocycles. The third-order valence-electron chi connectivity index (χ3n) is 4.57. The molecular weight excluding hydrogens is 360 g/mol. The summed E-state index contributed by atoms with van der Waals surface area (Å²) in [5.41, 5.74) is 7.80. The van der Waals surface area contributed by atoms with Crippen molar-refractivity contribution in [1.29, 1.82) is 0 Å². The van der Waals surface area contributed by atoms with Crippen molar-refractivity contribution >= 4 is 17.0 Å². The number of hydrazine groups is 2. The van der Waals surface area contributed by atoms with Crippen molar-refractivity contribution in [1.82, 2.24) is 21.0 Å². The van der Waals surface area contributed by atoms with Crippen LogP contribution in [0, 0.1) is 6.92 Å². The lowest BCUT2D eigenvalue weighted by atomic mass is 9.95. The molecule has 1 fully saturated rings. The first-order valence-corrected chi connectivity index (χ1v) is 9.41. The molecule has 9 nitrogen and oxygen atoms in total. The molecule has 0 aromatic carbocycles. The first-order valence-electron chi connectivity index (χ1n) is 8.60. The highest BCUT2D eigenvalue weighted by atomic mass is 32.1. The van der Waals surface area contributed by atoms with Crippen molar-refractivity contribution < 1.29 is 25.2 Å². The van der Waals surface area contributed by atoms with Gasteiger partial charge in [-0.1, -0.05) is 13.8 Å². The molecule has 0 amide bonds. The molecule has 0 radical (unpaired) electrons. The van der Waals surface area contributed by atoms with Gasteiger partial charge in [-0.3, -0.25) is 10.4 Å². The number of hydrogen-bond donors (Lipinski definition) is 6. The molecule has 5 atom stereocenters. The largest absolute Gasteiger partial charge is 0.394 e. The van der Waals surface area contributed by atoms with Gasteiger partial charge >= 0.3 is 0 Å². The Bertz CT molecular complexity index is 665. The van der Waals surface area contributed by atoms with E-state index in [1.807, 2.05) is 13.1 Å². The Balaban J connectivity index is 1.69. The Kier molecular flexibility index (Phi) is 5.82. The molecule has 10 heteroatoms. The Morgan fingerprint density at radius 2 is 1.92 bits per heavy atom. The summed E-state index contributed by atoms with van der Waals surface area (Å²) in [7, 11) is 0. The van der Waals surface area contributed by atoms with E-state index >= 15 is 0 Å². The predicted molar refractivity (Wildman–Crippen MR) is 95.7 cm³/mol. The molecular formula is C16H26N4O5S. The van der Waals surface area contributed by atoms with Crippen LogP contribution >= 0.6 is 11.3 Å². The van der Waals surface area contributed by atoms with Crippen LogP contribution in [0.5, 0.6) is 0 Å². The molecule has 0 spiro atoms. The number of nitrogens with zero attached hydrogens (tertiary/aromatic N) is 2. The van der Waals surface area contributed by atoms with Crippen molar-refractivity contribution in [2.75, 3.05) is 13.2 Å². The van der Waals surface area contributed by atoms with Gasteiger partial charge in [0.05, 0.1) is 18.8 Å². The fourth-order valence-corrected chi connectivity index (χ4v) is 4.18. The molecule has 0 aliphatic carbocycles. The number of aliphatic hydroxyl groups excluding tert-OH is 4. The van der Waals surface area contributed by atoms with Gasteiger partial charge in [-0.05, 0) is 12.8 Å². The molecule has 3 heterocycles. The van der Waals surface area contributed by atoms with Gasteiger partial charge in [0.15, 0.2) is 0 Å². The van der Waals surface area contributed by atoms with Gasteiger partial charge in [-0.2, -0.15) is 0 Å². The highest BCUT2D eigenvalue weighted by Gasteiger charge is 2.44. The van der Waals surface area contributed by atoms with Crippen LogP contribution in [0.25, 0.3) is 5.70 Å². The van der Waals surface area contributed by atoms with Gasteiger partial charge in [0.25, 0.3) is 0 Å². The number of aromatic nitrogens is 1. The molecule has 2 aliphatic heterocycles. The molecule has 0 bridgehead atoms. The lowest BCUT2D eigenvalue weighted by molar-refractivity contribution is -0.232. The average Bonchev–Trinajstić information content (AvgIpc) is 3.22. The summed E-state index contributed by atoms with van der Waals surface area (Å²) < 4.78 is 5.53. The fraction of sp³-hybridized carbons (Fsp3) is 0.688. The molecule has 5 unspecified atom stereocenters. The number of aliphatic hydroxyl groups is 4. The minimum Gasteiger partial charge on any atom is -0.394 e. The van der Waals surface area contributed by atoms with Crippen molar-refractivity contribution in [3.63, 3.8) is 0 Å². The number of nitrogens with one attached hydrogen (secondary N) is 2. The second-order valence-electron chi connectivity index (χ2n) is 6.92. The Labute approximate surface area is 155 Å². The Hall–Kier alpha value is -1.27. The van der Waals surface area contributed by atoms with Crippen LogP contribution in [-0.2, 0) is 4.74 Å².